The van der Waals surface area contributed by atoms with Crippen molar-refractivity contribution >= 4 is 5.97 Å². The van der Waals surface area contributed by atoms with Crippen LogP contribution in [0, 0.1) is 5.82 Å². The Hall–Kier alpha value is -2.07. The zero-order chi connectivity index (χ0) is 15.7. The van der Waals surface area contributed by atoms with Gasteiger partial charge in [0.25, 0.3) is 0 Å². The summed E-state index contributed by atoms with van der Waals surface area (Å²) in [6.07, 6.45) is -10.7. The first-order valence-corrected chi connectivity index (χ1v) is 4.57. The van der Waals surface area contributed by atoms with Gasteiger partial charge in [0.1, 0.15) is 5.56 Å². The fourth-order valence-electron chi connectivity index (χ4n) is 1.16. The van der Waals surface area contributed by atoms with Crippen molar-refractivity contribution in [3.8, 4) is 5.75 Å². The first-order chi connectivity index (χ1) is 8.97. The van der Waals surface area contributed by atoms with Gasteiger partial charge < -0.3 is 9.47 Å². The van der Waals surface area contributed by atoms with Gasteiger partial charge in [-0.15, -0.1) is 13.2 Å². The van der Waals surface area contributed by atoms with Gasteiger partial charge in [0.2, 0.25) is 0 Å². The van der Waals surface area contributed by atoms with E-state index in [9.17, 15) is 35.5 Å². The highest BCUT2D eigenvalue weighted by molar-refractivity contribution is 5.92. The van der Waals surface area contributed by atoms with Crippen LogP contribution in [0.15, 0.2) is 6.20 Å². The lowest BCUT2D eigenvalue weighted by Crippen LogP contribution is -2.22. The molecule has 0 saturated heterocycles. The Morgan fingerprint density at radius 3 is 2.15 bits per heavy atom. The van der Waals surface area contributed by atoms with E-state index in [-0.39, 0.29) is 6.20 Å². The van der Waals surface area contributed by atoms with Crippen LogP contribution in [-0.2, 0) is 10.9 Å². The third kappa shape index (κ3) is 3.48. The van der Waals surface area contributed by atoms with Crippen LogP contribution in [0.3, 0.4) is 0 Å². The maximum absolute atomic E-state index is 13.5. The molecule has 0 aliphatic carbocycles. The van der Waals surface area contributed by atoms with Gasteiger partial charge >= 0.3 is 18.5 Å². The van der Waals surface area contributed by atoms with Crippen molar-refractivity contribution < 1.29 is 45.0 Å². The second-order valence-corrected chi connectivity index (χ2v) is 3.20. The highest BCUT2D eigenvalue weighted by Gasteiger charge is 2.41. The molecular weight excluding hydrogens is 303 g/mol. The molecule has 112 valence electrons. The number of hydrogen-bond acceptors (Lipinski definition) is 4. The van der Waals surface area contributed by atoms with Gasteiger partial charge in [-0.25, -0.2) is 14.2 Å². The molecule has 0 spiro atoms. The van der Waals surface area contributed by atoms with Crippen LogP contribution in [0.25, 0.3) is 0 Å². The summed E-state index contributed by atoms with van der Waals surface area (Å²) >= 11 is 0. The molecule has 1 rings (SSSR count). The number of carbonyl (C=O) groups excluding carboxylic acids is 1. The zero-order valence-electron chi connectivity index (χ0n) is 9.40. The van der Waals surface area contributed by atoms with Crippen LogP contribution < -0.4 is 4.74 Å². The van der Waals surface area contributed by atoms with Crippen molar-refractivity contribution in [2.24, 2.45) is 0 Å². The molecule has 0 fully saturated rings. The zero-order valence-corrected chi connectivity index (χ0v) is 9.40. The molecule has 1 aromatic rings. The average Bonchev–Trinajstić information content (AvgIpc) is 2.24. The van der Waals surface area contributed by atoms with E-state index in [1.54, 1.807) is 0 Å². The number of methoxy groups -OCH3 is 1. The number of carbonyl (C=O) groups is 1. The maximum atomic E-state index is 13.5. The number of hydrogen-bond donors (Lipinski definition) is 0. The van der Waals surface area contributed by atoms with Crippen LogP contribution in [-0.4, -0.2) is 24.4 Å². The number of alkyl halides is 6. The summed E-state index contributed by atoms with van der Waals surface area (Å²) in [6.45, 7) is 0. The quantitative estimate of drug-likeness (QED) is 0.622. The first kappa shape index (κ1) is 16.0. The van der Waals surface area contributed by atoms with E-state index in [1.807, 2.05) is 0 Å². The van der Waals surface area contributed by atoms with Crippen molar-refractivity contribution in [2.75, 3.05) is 7.11 Å². The Balaban J connectivity index is 3.48. The van der Waals surface area contributed by atoms with Crippen LogP contribution >= 0.6 is 0 Å². The van der Waals surface area contributed by atoms with Crippen molar-refractivity contribution in [1.82, 2.24) is 4.98 Å². The normalized spacial score (nSPS) is 12.2. The van der Waals surface area contributed by atoms with Gasteiger partial charge in [-0.1, -0.05) is 0 Å². The van der Waals surface area contributed by atoms with E-state index in [1.165, 1.54) is 0 Å². The topological polar surface area (TPSA) is 48.4 Å². The molecule has 0 aliphatic heterocycles. The Labute approximate surface area is 106 Å². The largest absolute Gasteiger partial charge is 0.573 e. The van der Waals surface area contributed by atoms with Gasteiger partial charge in [0, 0.05) is 0 Å². The lowest BCUT2D eigenvalue weighted by molar-refractivity contribution is -0.274. The van der Waals surface area contributed by atoms with Crippen LogP contribution in [0.2, 0.25) is 0 Å². The van der Waals surface area contributed by atoms with Gasteiger partial charge in [0.15, 0.2) is 17.3 Å². The molecule has 0 aromatic carbocycles. The minimum absolute atomic E-state index is 0.0638. The second-order valence-electron chi connectivity index (χ2n) is 3.20. The standard InChI is InChI=1S/C9H4F7NO3/c1-19-7(18)4-3(20-9(14,15)16)2-17-6(5(4)10)8(11,12)13/h2H,1H3. The Bertz CT molecular complexity index is 523. The second kappa shape index (κ2) is 5.13. The van der Waals surface area contributed by atoms with Crippen molar-refractivity contribution in [1.29, 1.82) is 0 Å². The third-order valence-electron chi connectivity index (χ3n) is 1.87. The number of aromatic nitrogens is 1. The van der Waals surface area contributed by atoms with Crippen molar-refractivity contribution in [3.63, 3.8) is 0 Å². The van der Waals surface area contributed by atoms with Crippen LogP contribution in [0.1, 0.15) is 16.1 Å². The monoisotopic (exact) mass is 307 g/mol. The summed E-state index contributed by atoms with van der Waals surface area (Å²) in [5, 5.41) is 0. The molecule has 1 heterocycles. The molecule has 0 bridgehead atoms. The predicted octanol–water partition coefficient (Wildman–Crippen LogP) is 2.92. The summed E-state index contributed by atoms with van der Waals surface area (Å²) in [5.41, 5.74) is -3.81. The van der Waals surface area contributed by atoms with Crippen LogP contribution in [0.5, 0.6) is 5.75 Å². The number of ether oxygens (including phenoxy) is 2. The van der Waals surface area contributed by atoms with Crippen LogP contribution in [0.4, 0.5) is 30.7 Å². The average molecular weight is 307 g/mol. The van der Waals surface area contributed by atoms with E-state index in [0.29, 0.717) is 7.11 Å². The molecule has 11 heteroatoms. The highest BCUT2D eigenvalue weighted by atomic mass is 19.4. The molecule has 0 N–H and O–H groups in total. The number of esters is 1. The van der Waals surface area contributed by atoms with E-state index < -0.39 is 41.3 Å². The summed E-state index contributed by atoms with van der Waals surface area (Å²) < 4.78 is 93.7. The molecule has 0 unspecified atom stereocenters. The fourth-order valence-corrected chi connectivity index (χ4v) is 1.16. The van der Waals surface area contributed by atoms with E-state index in [2.05, 4.69) is 14.5 Å². The molecule has 20 heavy (non-hydrogen) atoms. The molecule has 4 nitrogen and oxygen atoms in total. The summed E-state index contributed by atoms with van der Waals surface area (Å²) in [7, 11) is 0.646. The highest BCUT2D eigenvalue weighted by Crippen LogP contribution is 2.35. The smallest absolute Gasteiger partial charge is 0.465 e. The lowest BCUT2D eigenvalue weighted by atomic mass is 10.2. The number of halogens is 7. The Morgan fingerprint density at radius 1 is 1.20 bits per heavy atom. The van der Waals surface area contributed by atoms with E-state index >= 15 is 0 Å². The minimum atomic E-state index is -5.35. The van der Waals surface area contributed by atoms with Gasteiger partial charge in [-0.3, -0.25) is 0 Å². The summed E-state index contributed by atoms with van der Waals surface area (Å²) in [6, 6.07) is 0. The molecule has 0 atom stereocenters. The van der Waals surface area contributed by atoms with Gasteiger partial charge in [-0.2, -0.15) is 13.2 Å². The molecule has 1 aromatic heterocycles. The maximum Gasteiger partial charge on any atom is 0.573 e. The van der Waals surface area contributed by atoms with Gasteiger partial charge in [-0.05, 0) is 0 Å². The minimum Gasteiger partial charge on any atom is -0.465 e. The fraction of sp³-hybridized carbons (Fsp3) is 0.333. The Kier molecular flexibility index (Phi) is 4.10. The van der Waals surface area contributed by atoms with E-state index in [0.717, 1.165) is 0 Å². The summed E-state index contributed by atoms with van der Waals surface area (Å²) in [5.74, 6) is -5.62. The Morgan fingerprint density at radius 2 is 1.75 bits per heavy atom. The molecular formula is C9H4F7NO3. The molecule has 0 saturated carbocycles. The van der Waals surface area contributed by atoms with Gasteiger partial charge in [0.05, 0.1) is 13.3 Å². The van der Waals surface area contributed by atoms with E-state index in [4.69, 9.17) is 0 Å². The summed E-state index contributed by atoms with van der Waals surface area (Å²) in [4.78, 5) is 13.6. The predicted molar refractivity (Wildman–Crippen MR) is 47.2 cm³/mol. The number of nitrogens with zero attached hydrogens (tertiary/aromatic N) is 1. The number of rotatable bonds is 2. The first-order valence-electron chi connectivity index (χ1n) is 4.57. The molecule has 0 aliphatic rings. The molecule has 0 radical (unpaired) electrons. The van der Waals surface area contributed by atoms with Crippen molar-refractivity contribution in [2.45, 2.75) is 12.5 Å². The molecule has 0 amide bonds. The number of pyridine rings is 1. The third-order valence-corrected chi connectivity index (χ3v) is 1.87. The van der Waals surface area contributed by atoms with Crippen molar-refractivity contribution in [3.05, 3.63) is 23.3 Å². The lowest BCUT2D eigenvalue weighted by Gasteiger charge is -2.14. The SMILES string of the molecule is COC(=O)c1c(OC(F)(F)F)cnc(C(F)(F)F)c1F.